The van der Waals surface area contributed by atoms with Crippen molar-refractivity contribution in [2.75, 3.05) is 0 Å². The van der Waals surface area contributed by atoms with E-state index in [1.54, 1.807) is 6.33 Å². The summed E-state index contributed by atoms with van der Waals surface area (Å²) in [5.74, 6) is 2.81. The van der Waals surface area contributed by atoms with Crippen LogP contribution in [-0.2, 0) is 10.8 Å². The van der Waals surface area contributed by atoms with Crippen molar-refractivity contribution in [1.82, 2.24) is 29.5 Å². The Balaban J connectivity index is 1.28. The van der Waals surface area contributed by atoms with E-state index in [0.29, 0.717) is 11.8 Å². The van der Waals surface area contributed by atoms with Crippen LogP contribution in [0.2, 0.25) is 0 Å². The molecule has 4 aliphatic carbocycles. The van der Waals surface area contributed by atoms with Crippen LogP contribution < -0.4 is 0 Å². The zero-order valence-electron chi connectivity index (χ0n) is 20.0. The first-order valence-corrected chi connectivity index (χ1v) is 12.1. The number of fused-ring (bicyclic) bond motifs is 10. The van der Waals surface area contributed by atoms with Gasteiger partial charge in [-0.15, -0.1) is 0 Å². The number of hydrogen-bond donors (Lipinski definition) is 0. The Bertz CT molecular complexity index is 1200. The number of nitrogens with zero attached hydrogens (tertiary/aromatic N) is 6. The molecule has 0 unspecified atom stereocenters. The second kappa shape index (κ2) is 5.35. The molecule has 6 nitrogen and oxygen atoms in total. The van der Waals surface area contributed by atoms with Crippen LogP contribution in [-0.4, -0.2) is 29.5 Å². The van der Waals surface area contributed by atoms with E-state index in [-0.39, 0.29) is 21.7 Å². The van der Waals surface area contributed by atoms with Gasteiger partial charge in [-0.1, -0.05) is 41.5 Å². The molecule has 0 spiro atoms. The van der Waals surface area contributed by atoms with Gasteiger partial charge in [0.25, 0.3) is 0 Å². The van der Waals surface area contributed by atoms with Crippen LogP contribution in [0.3, 0.4) is 0 Å². The third-order valence-corrected chi connectivity index (χ3v) is 10.8. The van der Waals surface area contributed by atoms with Crippen molar-refractivity contribution in [2.45, 2.75) is 89.9 Å². The minimum atomic E-state index is 0.151. The smallest absolute Gasteiger partial charge is 0.158 e. The largest absolute Gasteiger partial charge is 0.222 e. The minimum absolute atomic E-state index is 0.151. The van der Waals surface area contributed by atoms with Crippen LogP contribution in [0.1, 0.15) is 102 Å². The monoisotopic (exact) mass is 428 g/mol. The molecule has 0 aliphatic heterocycles. The summed E-state index contributed by atoms with van der Waals surface area (Å²) >= 11 is 0. The van der Waals surface area contributed by atoms with E-state index in [9.17, 15) is 0 Å². The second-order valence-electron chi connectivity index (χ2n) is 12.3. The van der Waals surface area contributed by atoms with Gasteiger partial charge in [-0.2, -0.15) is 10.2 Å². The van der Waals surface area contributed by atoms with E-state index in [1.807, 2.05) is 15.4 Å². The van der Waals surface area contributed by atoms with E-state index in [2.05, 4.69) is 63.9 Å². The molecular formula is C26H32N6. The lowest BCUT2D eigenvalue weighted by atomic mass is 9.70. The van der Waals surface area contributed by atoms with Gasteiger partial charge in [-0.3, -0.25) is 0 Å². The molecule has 0 saturated heterocycles. The fourth-order valence-corrected chi connectivity index (χ4v) is 7.90. The third-order valence-electron chi connectivity index (χ3n) is 10.8. The maximum atomic E-state index is 5.06. The molecule has 32 heavy (non-hydrogen) atoms. The Morgan fingerprint density at radius 3 is 1.56 bits per heavy atom. The van der Waals surface area contributed by atoms with E-state index in [4.69, 9.17) is 10.2 Å². The van der Waals surface area contributed by atoms with E-state index >= 15 is 0 Å². The van der Waals surface area contributed by atoms with Crippen LogP contribution in [0.4, 0.5) is 0 Å². The SMILES string of the molecule is CC1(C)[C@@H]2CC[C@@]1(C)c1nn(-c3cc(-n4cc5c(n4)[C@]4(C)CC[C@H]5C4(C)C)ncn3)cc12. The molecule has 6 heteroatoms. The van der Waals surface area contributed by atoms with Crippen molar-refractivity contribution in [3.8, 4) is 11.6 Å². The molecule has 2 fully saturated rings. The topological polar surface area (TPSA) is 61.4 Å². The van der Waals surface area contributed by atoms with Crippen molar-refractivity contribution >= 4 is 0 Å². The van der Waals surface area contributed by atoms with Gasteiger partial charge in [0.1, 0.15) is 6.33 Å². The van der Waals surface area contributed by atoms with Gasteiger partial charge in [-0.05, 0) is 59.5 Å². The van der Waals surface area contributed by atoms with Crippen molar-refractivity contribution < 1.29 is 0 Å². The van der Waals surface area contributed by atoms with Gasteiger partial charge in [0.2, 0.25) is 0 Å². The van der Waals surface area contributed by atoms with E-state index in [0.717, 1.165) is 11.6 Å². The molecule has 4 aliphatic rings. The third kappa shape index (κ3) is 1.87. The average molecular weight is 429 g/mol. The first kappa shape index (κ1) is 19.0. The lowest BCUT2D eigenvalue weighted by molar-refractivity contribution is 0.224. The summed E-state index contributed by atoms with van der Waals surface area (Å²) in [4.78, 5) is 9.14. The molecule has 0 amide bonds. The van der Waals surface area contributed by atoms with Crippen LogP contribution in [0.5, 0.6) is 0 Å². The van der Waals surface area contributed by atoms with Crippen molar-refractivity contribution in [2.24, 2.45) is 10.8 Å². The fourth-order valence-electron chi connectivity index (χ4n) is 7.90. The van der Waals surface area contributed by atoms with Gasteiger partial charge in [0.15, 0.2) is 11.6 Å². The lowest BCUT2D eigenvalue weighted by Crippen LogP contribution is -2.32. The first-order chi connectivity index (χ1) is 15.1. The summed E-state index contributed by atoms with van der Waals surface area (Å²) in [7, 11) is 0. The average Bonchev–Trinajstić information content (AvgIpc) is 3.52. The Morgan fingerprint density at radius 2 is 1.16 bits per heavy atom. The highest BCUT2D eigenvalue weighted by atomic mass is 15.3. The van der Waals surface area contributed by atoms with Gasteiger partial charge in [0, 0.05) is 29.3 Å². The van der Waals surface area contributed by atoms with Crippen molar-refractivity contribution in [3.63, 3.8) is 0 Å². The highest BCUT2D eigenvalue weighted by Gasteiger charge is 2.62. The summed E-state index contributed by atoms with van der Waals surface area (Å²) < 4.78 is 3.93. The molecule has 4 atom stereocenters. The molecule has 0 radical (unpaired) electrons. The molecule has 0 aromatic carbocycles. The zero-order chi connectivity index (χ0) is 22.3. The van der Waals surface area contributed by atoms with Gasteiger partial charge in [0.05, 0.1) is 11.4 Å². The first-order valence-electron chi connectivity index (χ1n) is 12.1. The summed E-state index contributed by atoms with van der Waals surface area (Å²) in [6.07, 6.45) is 11.0. The fraction of sp³-hybridized carbons (Fsp3) is 0.615. The van der Waals surface area contributed by atoms with Crippen molar-refractivity contribution in [1.29, 1.82) is 0 Å². The standard InChI is InChI=1S/C26H32N6/c1-23(2)17-7-9-25(23,5)21-15(17)12-31(29-21)19-11-20(28-14-27-19)32-13-16-18-8-10-26(6,22(16)30-32)24(18,3)4/h11-14,17-18H,7-10H2,1-6H3/t17-,18-,25+,26+/m1/s1. The Labute approximate surface area is 189 Å². The normalized spacial score (nSPS) is 34.8. The molecule has 0 N–H and O–H groups in total. The molecule has 166 valence electrons. The summed E-state index contributed by atoms with van der Waals surface area (Å²) in [6, 6.07) is 2.02. The molecule has 3 aromatic heterocycles. The quantitative estimate of drug-likeness (QED) is 0.563. The van der Waals surface area contributed by atoms with E-state index < -0.39 is 0 Å². The Morgan fingerprint density at radius 1 is 0.719 bits per heavy atom. The molecule has 4 bridgehead atoms. The van der Waals surface area contributed by atoms with Gasteiger partial charge >= 0.3 is 0 Å². The van der Waals surface area contributed by atoms with Crippen molar-refractivity contribution in [3.05, 3.63) is 47.3 Å². The Hall–Kier alpha value is -2.50. The molecule has 2 saturated carbocycles. The van der Waals surface area contributed by atoms with E-state index in [1.165, 1.54) is 48.2 Å². The number of rotatable bonds is 2. The summed E-state index contributed by atoms with van der Waals surface area (Å²) in [5, 5.41) is 10.1. The maximum Gasteiger partial charge on any atom is 0.158 e. The number of hydrogen-bond acceptors (Lipinski definition) is 4. The molecule has 7 rings (SSSR count). The maximum absolute atomic E-state index is 5.06. The van der Waals surface area contributed by atoms with Gasteiger partial charge in [-0.25, -0.2) is 19.3 Å². The molecule has 3 heterocycles. The Kier molecular flexibility index (Phi) is 3.18. The summed E-state index contributed by atoms with van der Waals surface area (Å²) in [5.41, 5.74) is 6.21. The number of aromatic nitrogens is 6. The lowest BCUT2D eigenvalue weighted by Gasteiger charge is -2.34. The van der Waals surface area contributed by atoms with Crippen LogP contribution in [0, 0.1) is 10.8 Å². The van der Waals surface area contributed by atoms with Gasteiger partial charge < -0.3 is 0 Å². The van der Waals surface area contributed by atoms with Crippen LogP contribution in [0.25, 0.3) is 11.6 Å². The zero-order valence-corrected chi connectivity index (χ0v) is 20.0. The van der Waals surface area contributed by atoms with Crippen LogP contribution >= 0.6 is 0 Å². The minimum Gasteiger partial charge on any atom is -0.222 e. The predicted molar refractivity (Wildman–Crippen MR) is 122 cm³/mol. The summed E-state index contributed by atoms with van der Waals surface area (Å²) in [6.45, 7) is 14.4. The van der Waals surface area contributed by atoms with Crippen LogP contribution in [0.15, 0.2) is 24.8 Å². The molecule has 3 aromatic rings. The molecular weight excluding hydrogens is 396 g/mol. The predicted octanol–water partition coefficient (Wildman–Crippen LogP) is 5.20. The highest BCUT2D eigenvalue weighted by molar-refractivity contribution is 5.47. The second-order valence-corrected chi connectivity index (χ2v) is 12.3. The highest BCUT2D eigenvalue weighted by Crippen LogP contribution is 2.68.